The number of hydrogen-bond acceptors (Lipinski definition) is 4. The Morgan fingerprint density at radius 1 is 0.951 bits per heavy atom. The van der Waals surface area contributed by atoms with Gasteiger partial charge in [0.25, 0.3) is 0 Å². The quantitative estimate of drug-likeness (QED) is 0.155. The molecule has 3 aromatic carbocycles. The molecule has 212 valence electrons. The number of carbonyl (C=O) groups is 2. The maximum atomic E-state index is 13.6. The molecule has 1 amide bonds. The average molecular weight is 550 g/mol. The largest absolute Gasteiger partial charge is 0.452 e. The highest BCUT2D eigenvalue weighted by molar-refractivity contribution is 5.97. The number of hydrogen-bond donors (Lipinski definition) is 0. The van der Waals surface area contributed by atoms with E-state index < -0.39 is 11.8 Å². The summed E-state index contributed by atoms with van der Waals surface area (Å²) in [5.74, 6) is 6.24. The van der Waals surface area contributed by atoms with E-state index in [1.807, 2.05) is 41.3 Å². The maximum absolute atomic E-state index is 13.6. The molecule has 0 saturated heterocycles. The van der Waals surface area contributed by atoms with Crippen molar-refractivity contribution in [2.75, 3.05) is 4.90 Å². The first kappa shape index (κ1) is 28.5. The van der Waals surface area contributed by atoms with Crippen molar-refractivity contribution in [3.8, 4) is 17.6 Å². The molecule has 1 aliphatic heterocycles. The summed E-state index contributed by atoms with van der Waals surface area (Å²) in [4.78, 5) is 27.9. The summed E-state index contributed by atoms with van der Waals surface area (Å²) in [7, 11) is 0. The number of anilines is 1. The van der Waals surface area contributed by atoms with E-state index in [1.165, 1.54) is 31.2 Å². The Morgan fingerprint density at radius 2 is 1.71 bits per heavy atom. The molecule has 0 bridgehead atoms. The average Bonchev–Trinajstić information content (AvgIpc) is 3.49. The molecule has 1 saturated carbocycles. The Kier molecular flexibility index (Phi) is 9.09. The Labute approximate surface area is 243 Å². The van der Waals surface area contributed by atoms with Crippen LogP contribution < -0.4 is 9.64 Å². The van der Waals surface area contributed by atoms with E-state index in [4.69, 9.17) is 9.47 Å². The van der Waals surface area contributed by atoms with Crippen LogP contribution in [0, 0.1) is 17.8 Å². The van der Waals surface area contributed by atoms with Gasteiger partial charge in [-0.2, -0.15) is 0 Å². The molecule has 5 heteroatoms. The molecule has 0 aromatic heterocycles. The second kappa shape index (κ2) is 13.1. The number of rotatable bonds is 9. The highest BCUT2D eigenvalue weighted by atomic mass is 16.7. The van der Waals surface area contributed by atoms with Crippen molar-refractivity contribution < 1.29 is 19.1 Å². The minimum Gasteiger partial charge on any atom is -0.452 e. The SMILES string of the molecule is CC1(C)OC(=O)c2ccc(N(Cc3ccc(C#CCCCc4ccccc4)cc3)C(=O)CCC3CCCC3)cc2O1. The van der Waals surface area contributed by atoms with Gasteiger partial charge in [0, 0.05) is 44.0 Å². The first-order valence-electron chi connectivity index (χ1n) is 14.8. The van der Waals surface area contributed by atoms with Crippen LogP contribution in [0.5, 0.6) is 5.75 Å². The zero-order valence-electron chi connectivity index (χ0n) is 24.2. The zero-order valence-corrected chi connectivity index (χ0v) is 24.2. The number of aryl methyl sites for hydroxylation is 1. The van der Waals surface area contributed by atoms with Crippen molar-refractivity contribution in [1.29, 1.82) is 0 Å². The number of cyclic esters (lactones) is 1. The van der Waals surface area contributed by atoms with Gasteiger partial charge in [0.05, 0.1) is 6.54 Å². The van der Waals surface area contributed by atoms with Crippen molar-refractivity contribution in [1.82, 2.24) is 0 Å². The van der Waals surface area contributed by atoms with E-state index in [0.717, 1.165) is 36.8 Å². The number of ether oxygens (including phenoxy) is 2. The number of nitrogens with zero attached hydrogens (tertiary/aromatic N) is 1. The molecule has 0 spiro atoms. The van der Waals surface area contributed by atoms with Crippen LogP contribution in [0.25, 0.3) is 0 Å². The van der Waals surface area contributed by atoms with Gasteiger partial charge in [-0.25, -0.2) is 4.79 Å². The van der Waals surface area contributed by atoms with Gasteiger partial charge >= 0.3 is 5.97 Å². The van der Waals surface area contributed by atoms with Crippen LogP contribution in [0.1, 0.15) is 92.3 Å². The highest BCUT2D eigenvalue weighted by Gasteiger charge is 2.34. The van der Waals surface area contributed by atoms with Gasteiger partial charge in [0.1, 0.15) is 11.3 Å². The highest BCUT2D eigenvalue weighted by Crippen LogP contribution is 2.35. The summed E-state index contributed by atoms with van der Waals surface area (Å²) in [6.45, 7) is 3.85. The van der Waals surface area contributed by atoms with Gasteiger partial charge in [0.15, 0.2) is 0 Å². The molecule has 5 rings (SSSR count). The summed E-state index contributed by atoms with van der Waals surface area (Å²) in [6, 6.07) is 23.9. The smallest absolute Gasteiger partial charge is 0.345 e. The summed E-state index contributed by atoms with van der Waals surface area (Å²) >= 11 is 0. The fourth-order valence-electron chi connectivity index (χ4n) is 5.65. The van der Waals surface area contributed by atoms with Gasteiger partial charge < -0.3 is 14.4 Å². The Hall–Kier alpha value is -4.04. The third kappa shape index (κ3) is 7.79. The number of esters is 1. The lowest BCUT2D eigenvalue weighted by molar-refractivity contribution is -0.127. The lowest BCUT2D eigenvalue weighted by Gasteiger charge is -2.32. The van der Waals surface area contributed by atoms with E-state index in [0.29, 0.717) is 35.9 Å². The molecule has 1 aliphatic carbocycles. The fourth-order valence-corrected chi connectivity index (χ4v) is 5.65. The Bertz CT molecular complexity index is 1410. The second-order valence-corrected chi connectivity index (χ2v) is 11.6. The number of benzene rings is 3. The standard InChI is InChI=1S/C36H39NO4/c1-36(2)40-33-25-31(22-23-32(33)35(39)41-36)37(34(38)24-21-28-15-9-10-16-28)26-30-19-17-29(18-20-30)14-8-4-7-13-27-11-5-3-6-12-27/h3,5-6,11-12,17-20,22-23,25,28H,4,7,9-10,13,15-16,21,24,26H2,1-2H3. The lowest BCUT2D eigenvalue weighted by Crippen LogP contribution is -2.39. The number of fused-ring (bicyclic) bond motifs is 1. The Balaban J connectivity index is 1.27. The third-order valence-electron chi connectivity index (χ3n) is 7.87. The van der Waals surface area contributed by atoms with E-state index in [-0.39, 0.29) is 5.91 Å². The van der Waals surface area contributed by atoms with E-state index >= 15 is 0 Å². The van der Waals surface area contributed by atoms with Gasteiger partial charge in [0.2, 0.25) is 11.7 Å². The molecule has 41 heavy (non-hydrogen) atoms. The van der Waals surface area contributed by atoms with Crippen LogP contribution in [0.2, 0.25) is 0 Å². The Morgan fingerprint density at radius 3 is 2.46 bits per heavy atom. The number of unbranched alkanes of at least 4 members (excludes halogenated alkanes) is 1. The monoisotopic (exact) mass is 549 g/mol. The minimum atomic E-state index is -1.06. The first-order valence-corrected chi connectivity index (χ1v) is 14.8. The van der Waals surface area contributed by atoms with Gasteiger partial charge in [-0.1, -0.05) is 80.0 Å². The van der Waals surface area contributed by atoms with Gasteiger partial charge in [-0.3, -0.25) is 4.79 Å². The zero-order chi connectivity index (χ0) is 28.7. The maximum Gasteiger partial charge on any atom is 0.345 e. The van der Waals surface area contributed by atoms with Crippen molar-refractivity contribution in [2.24, 2.45) is 5.92 Å². The van der Waals surface area contributed by atoms with Crippen LogP contribution >= 0.6 is 0 Å². The van der Waals surface area contributed by atoms with Crippen molar-refractivity contribution in [2.45, 2.75) is 84.0 Å². The molecule has 1 heterocycles. The van der Waals surface area contributed by atoms with Crippen LogP contribution in [0.4, 0.5) is 5.69 Å². The third-order valence-corrected chi connectivity index (χ3v) is 7.87. The van der Waals surface area contributed by atoms with Crippen LogP contribution in [-0.2, 0) is 22.5 Å². The normalized spacial score (nSPS) is 15.7. The van der Waals surface area contributed by atoms with E-state index in [2.05, 4.69) is 36.1 Å². The molecule has 0 atom stereocenters. The molecule has 2 aliphatic rings. The van der Waals surface area contributed by atoms with Crippen molar-refractivity contribution in [3.05, 3.63) is 95.1 Å². The lowest BCUT2D eigenvalue weighted by atomic mass is 10.0. The van der Waals surface area contributed by atoms with Crippen LogP contribution in [0.15, 0.2) is 72.8 Å². The molecule has 3 aromatic rings. The van der Waals surface area contributed by atoms with Gasteiger partial charge in [-0.05, 0) is 60.6 Å². The van der Waals surface area contributed by atoms with Gasteiger partial charge in [-0.15, -0.1) is 0 Å². The summed E-state index contributed by atoms with van der Waals surface area (Å²) in [5, 5.41) is 0. The molecule has 5 nitrogen and oxygen atoms in total. The second-order valence-electron chi connectivity index (χ2n) is 11.6. The van der Waals surface area contributed by atoms with E-state index in [1.54, 1.807) is 26.0 Å². The number of amides is 1. The van der Waals surface area contributed by atoms with Crippen LogP contribution in [0.3, 0.4) is 0 Å². The molecule has 0 N–H and O–H groups in total. The minimum absolute atomic E-state index is 0.0804. The van der Waals surface area contributed by atoms with E-state index in [9.17, 15) is 9.59 Å². The predicted molar refractivity (Wildman–Crippen MR) is 162 cm³/mol. The van der Waals surface area contributed by atoms with Crippen LogP contribution in [-0.4, -0.2) is 17.7 Å². The predicted octanol–water partition coefficient (Wildman–Crippen LogP) is 7.85. The van der Waals surface area contributed by atoms with Crippen molar-refractivity contribution in [3.63, 3.8) is 0 Å². The summed E-state index contributed by atoms with van der Waals surface area (Å²) in [6.07, 6.45) is 9.29. The summed E-state index contributed by atoms with van der Waals surface area (Å²) < 4.78 is 11.3. The summed E-state index contributed by atoms with van der Waals surface area (Å²) in [5.41, 5.74) is 4.42. The topological polar surface area (TPSA) is 55.8 Å². The molecule has 0 unspecified atom stereocenters. The molecular weight excluding hydrogens is 510 g/mol. The van der Waals surface area contributed by atoms with Crippen molar-refractivity contribution >= 4 is 17.6 Å². The first-order chi connectivity index (χ1) is 19.9. The number of carbonyl (C=O) groups excluding carboxylic acids is 2. The molecular formula is C36H39NO4. The molecule has 1 fully saturated rings. The fraction of sp³-hybridized carbons (Fsp3) is 0.389. The molecule has 0 radical (unpaired) electrons.